The predicted molar refractivity (Wildman–Crippen MR) is 115 cm³/mol. The van der Waals surface area contributed by atoms with Gasteiger partial charge in [0.1, 0.15) is 0 Å². The lowest BCUT2D eigenvalue weighted by Crippen LogP contribution is -1.92. The first kappa shape index (κ1) is 18.7. The Balaban J connectivity index is 1.66. The van der Waals surface area contributed by atoms with Gasteiger partial charge in [0.15, 0.2) is 0 Å². The lowest BCUT2D eigenvalue weighted by molar-refractivity contribution is 1.32. The Morgan fingerprint density at radius 1 is 0.600 bits per heavy atom. The van der Waals surface area contributed by atoms with Crippen LogP contribution in [0.5, 0.6) is 0 Å². The van der Waals surface area contributed by atoms with Crippen molar-refractivity contribution in [3.05, 3.63) is 106 Å². The van der Waals surface area contributed by atoms with E-state index in [4.69, 9.17) is 23.2 Å². The number of benzene rings is 3. The summed E-state index contributed by atoms with van der Waals surface area (Å²) in [6.45, 7) is 0. The maximum Gasteiger partial charge on any atom is 0.0757 e. The Bertz CT molecular complexity index is 722. The van der Waals surface area contributed by atoms with E-state index in [1.54, 1.807) is 0 Å². The third-order valence-corrected chi connectivity index (χ3v) is 7.17. The topological polar surface area (TPSA) is 0 Å². The highest BCUT2D eigenvalue weighted by Gasteiger charge is 2.13. The normalized spacial score (nSPS) is 11.0. The summed E-state index contributed by atoms with van der Waals surface area (Å²) in [5, 5.41) is 1.57. The zero-order valence-corrected chi connectivity index (χ0v) is 16.7. The minimum atomic E-state index is 0.382. The number of rotatable bonds is 7. The van der Waals surface area contributed by atoms with Crippen LogP contribution in [0.1, 0.15) is 21.3 Å². The van der Waals surface area contributed by atoms with Gasteiger partial charge in [-0.15, -0.1) is 23.5 Å². The highest BCUT2D eigenvalue weighted by Crippen LogP contribution is 2.42. The Labute approximate surface area is 167 Å². The van der Waals surface area contributed by atoms with E-state index < -0.39 is 0 Å². The molecule has 0 aliphatic heterocycles. The number of thioether (sulfide) groups is 2. The molecule has 0 aromatic heterocycles. The van der Waals surface area contributed by atoms with E-state index in [9.17, 15) is 0 Å². The van der Waals surface area contributed by atoms with Crippen LogP contribution in [0.2, 0.25) is 10.0 Å². The van der Waals surface area contributed by atoms with Gasteiger partial charge in [0.05, 0.1) is 4.58 Å². The average molecular weight is 405 g/mol. The van der Waals surface area contributed by atoms with Gasteiger partial charge in [-0.25, -0.2) is 0 Å². The molecule has 128 valence electrons. The van der Waals surface area contributed by atoms with Crippen molar-refractivity contribution in [3.8, 4) is 0 Å². The Kier molecular flexibility index (Phi) is 7.18. The van der Waals surface area contributed by atoms with Gasteiger partial charge >= 0.3 is 0 Å². The van der Waals surface area contributed by atoms with Crippen molar-refractivity contribution >= 4 is 46.7 Å². The molecular weight excluding hydrogens is 387 g/mol. The maximum atomic E-state index is 5.98. The standard InChI is InChI=1S/C21H18Cl2S2/c22-19-10-6-16(7-11-19)14-24-21(18-4-2-1-3-5-18)25-15-17-8-12-20(23)13-9-17/h1-13,21H,14-15H2. The molecule has 4 heteroatoms. The molecule has 0 saturated carbocycles. The number of hydrogen-bond acceptors (Lipinski definition) is 2. The Hall–Kier alpha value is -1.06. The lowest BCUT2D eigenvalue weighted by Gasteiger charge is -2.17. The van der Waals surface area contributed by atoms with Crippen molar-refractivity contribution in [1.29, 1.82) is 0 Å². The van der Waals surface area contributed by atoms with Crippen LogP contribution in [0, 0.1) is 0 Å². The first-order valence-electron chi connectivity index (χ1n) is 7.98. The maximum absolute atomic E-state index is 5.98. The molecule has 0 atom stereocenters. The third kappa shape index (κ3) is 6.00. The quantitative estimate of drug-likeness (QED) is 0.367. The molecule has 0 unspecified atom stereocenters. The van der Waals surface area contributed by atoms with Crippen LogP contribution in [-0.4, -0.2) is 0 Å². The molecule has 25 heavy (non-hydrogen) atoms. The summed E-state index contributed by atoms with van der Waals surface area (Å²) in [7, 11) is 0. The van der Waals surface area contributed by atoms with Crippen molar-refractivity contribution < 1.29 is 0 Å². The summed E-state index contributed by atoms with van der Waals surface area (Å²) in [5.41, 5.74) is 3.94. The minimum absolute atomic E-state index is 0.382. The molecule has 0 radical (unpaired) electrons. The minimum Gasteiger partial charge on any atom is -0.138 e. The summed E-state index contributed by atoms with van der Waals surface area (Å²) in [4.78, 5) is 0. The van der Waals surface area contributed by atoms with Gasteiger partial charge in [0, 0.05) is 21.6 Å². The van der Waals surface area contributed by atoms with E-state index in [0.717, 1.165) is 21.6 Å². The van der Waals surface area contributed by atoms with Gasteiger partial charge in [-0.1, -0.05) is 77.8 Å². The highest BCUT2D eigenvalue weighted by atomic mass is 35.5. The summed E-state index contributed by atoms with van der Waals surface area (Å²) in [5.74, 6) is 1.93. The van der Waals surface area contributed by atoms with Crippen LogP contribution >= 0.6 is 46.7 Å². The molecule has 0 spiro atoms. The molecule has 0 saturated heterocycles. The second-order valence-corrected chi connectivity index (χ2v) is 8.98. The molecule has 0 N–H and O–H groups in total. The van der Waals surface area contributed by atoms with Crippen LogP contribution in [-0.2, 0) is 11.5 Å². The average Bonchev–Trinajstić information content (AvgIpc) is 2.65. The second-order valence-electron chi connectivity index (χ2n) is 5.62. The van der Waals surface area contributed by atoms with E-state index in [1.165, 1.54) is 16.7 Å². The van der Waals surface area contributed by atoms with Gasteiger partial charge in [0.25, 0.3) is 0 Å². The van der Waals surface area contributed by atoms with E-state index in [0.29, 0.717) is 4.58 Å². The molecule has 0 nitrogen and oxygen atoms in total. The molecule has 0 heterocycles. The first-order chi connectivity index (χ1) is 12.2. The van der Waals surface area contributed by atoms with Crippen LogP contribution in [0.15, 0.2) is 78.9 Å². The van der Waals surface area contributed by atoms with Crippen LogP contribution in [0.4, 0.5) is 0 Å². The Morgan fingerprint density at radius 2 is 1.04 bits per heavy atom. The van der Waals surface area contributed by atoms with Crippen molar-refractivity contribution in [2.45, 2.75) is 16.1 Å². The Morgan fingerprint density at radius 3 is 1.48 bits per heavy atom. The van der Waals surface area contributed by atoms with Crippen LogP contribution in [0.25, 0.3) is 0 Å². The molecule has 0 aliphatic rings. The fraction of sp³-hybridized carbons (Fsp3) is 0.143. The lowest BCUT2D eigenvalue weighted by atomic mass is 10.2. The third-order valence-electron chi connectivity index (χ3n) is 3.70. The van der Waals surface area contributed by atoms with Crippen molar-refractivity contribution in [2.24, 2.45) is 0 Å². The van der Waals surface area contributed by atoms with Crippen molar-refractivity contribution in [3.63, 3.8) is 0 Å². The van der Waals surface area contributed by atoms with Crippen molar-refractivity contribution in [1.82, 2.24) is 0 Å². The highest BCUT2D eigenvalue weighted by molar-refractivity contribution is 8.15. The summed E-state index contributed by atoms with van der Waals surface area (Å²) in [6.07, 6.45) is 0. The van der Waals surface area contributed by atoms with Crippen molar-refractivity contribution in [2.75, 3.05) is 0 Å². The molecule has 3 rings (SSSR count). The molecule has 0 aliphatic carbocycles. The fourth-order valence-electron chi connectivity index (χ4n) is 2.36. The molecular formula is C21H18Cl2S2. The van der Waals surface area contributed by atoms with E-state index in [1.807, 2.05) is 47.8 Å². The van der Waals surface area contributed by atoms with Crippen LogP contribution in [0.3, 0.4) is 0 Å². The summed E-state index contributed by atoms with van der Waals surface area (Å²) >= 11 is 15.9. The smallest absolute Gasteiger partial charge is 0.0757 e. The predicted octanol–water partition coefficient (Wildman–Crippen LogP) is 7.86. The molecule has 0 bridgehead atoms. The van der Waals surface area contributed by atoms with Gasteiger partial charge < -0.3 is 0 Å². The first-order valence-corrected chi connectivity index (χ1v) is 10.8. The molecule has 3 aromatic rings. The van der Waals surface area contributed by atoms with Gasteiger partial charge in [0.2, 0.25) is 0 Å². The number of hydrogen-bond donors (Lipinski definition) is 0. The summed E-state index contributed by atoms with van der Waals surface area (Å²) < 4.78 is 0.382. The second kappa shape index (κ2) is 9.59. The molecule has 3 aromatic carbocycles. The monoisotopic (exact) mass is 404 g/mol. The zero-order valence-electron chi connectivity index (χ0n) is 13.6. The van der Waals surface area contributed by atoms with Crippen LogP contribution < -0.4 is 0 Å². The van der Waals surface area contributed by atoms with E-state index >= 15 is 0 Å². The number of halogens is 2. The van der Waals surface area contributed by atoms with E-state index in [-0.39, 0.29) is 0 Å². The summed E-state index contributed by atoms with van der Waals surface area (Å²) in [6, 6.07) is 26.9. The fourth-order valence-corrected chi connectivity index (χ4v) is 5.17. The SMILES string of the molecule is Clc1ccc(CSC(SCc2ccc(Cl)cc2)c2ccccc2)cc1. The molecule has 0 fully saturated rings. The largest absolute Gasteiger partial charge is 0.138 e. The van der Waals surface area contributed by atoms with Gasteiger partial charge in [-0.05, 0) is 41.0 Å². The van der Waals surface area contributed by atoms with Gasteiger partial charge in [-0.3, -0.25) is 0 Å². The van der Waals surface area contributed by atoms with E-state index in [2.05, 4.69) is 54.6 Å². The molecule has 0 amide bonds. The zero-order chi connectivity index (χ0) is 17.5. The van der Waals surface area contributed by atoms with Gasteiger partial charge in [-0.2, -0.15) is 0 Å².